The van der Waals surface area contributed by atoms with Crippen molar-refractivity contribution in [3.8, 4) is 17.1 Å². The molecule has 1 heterocycles. The van der Waals surface area contributed by atoms with Crippen LogP contribution in [0.4, 0.5) is 0 Å². The molecule has 20 heavy (non-hydrogen) atoms. The van der Waals surface area contributed by atoms with Crippen molar-refractivity contribution in [1.29, 1.82) is 0 Å². The monoisotopic (exact) mass is 310 g/mol. The summed E-state index contributed by atoms with van der Waals surface area (Å²) in [6, 6.07) is 6.30. The predicted octanol–water partition coefficient (Wildman–Crippen LogP) is 3.81. The van der Waals surface area contributed by atoms with Crippen molar-refractivity contribution in [3.05, 3.63) is 45.4 Å². The van der Waals surface area contributed by atoms with Crippen LogP contribution in [0.25, 0.3) is 11.3 Å². The Hall–Kier alpha value is -1.62. The minimum Gasteiger partial charge on any atom is -0.480 e. The molecule has 0 bridgehead atoms. The van der Waals surface area contributed by atoms with E-state index in [-0.39, 0.29) is 5.88 Å². The summed E-state index contributed by atoms with van der Waals surface area (Å²) >= 11 is 12.3. The van der Waals surface area contributed by atoms with Gasteiger partial charge in [0.05, 0.1) is 28.4 Å². The molecule has 0 saturated carbocycles. The van der Waals surface area contributed by atoms with Gasteiger partial charge in [-0.3, -0.25) is 4.79 Å². The van der Waals surface area contributed by atoms with E-state index in [0.29, 0.717) is 38.7 Å². The van der Waals surface area contributed by atoms with Crippen molar-refractivity contribution in [2.24, 2.45) is 0 Å². The standard InChI is InChI=1S/C14H10Cl2NO3/c1-20-14-9(7-19)2-3-12(17-14)13-10(15)4-8(6-18)5-11(13)16/h2-5,7H,6H2,1H3. The number of hydrogen-bond donors (Lipinski definition) is 0. The number of rotatable bonds is 4. The number of methoxy groups -OCH3 is 1. The number of halogens is 2. The lowest BCUT2D eigenvalue weighted by Crippen LogP contribution is -1.97. The first-order valence-electron chi connectivity index (χ1n) is 5.67. The minimum atomic E-state index is -0.402. The molecule has 1 radical (unpaired) electrons. The van der Waals surface area contributed by atoms with Crippen LogP contribution in [-0.2, 0) is 11.7 Å². The number of carbonyl (C=O) groups excluding carboxylic acids is 1. The van der Waals surface area contributed by atoms with Gasteiger partial charge in [-0.25, -0.2) is 10.1 Å². The molecule has 0 spiro atoms. The third-order valence-corrected chi connectivity index (χ3v) is 3.33. The Morgan fingerprint density at radius 3 is 2.40 bits per heavy atom. The summed E-state index contributed by atoms with van der Waals surface area (Å²) < 4.78 is 5.04. The van der Waals surface area contributed by atoms with E-state index in [9.17, 15) is 9.90 Å². The number of ether oxygens (including phenoxy) is 1. The fourth-order valence-electron chi connectivity index (χ4n) is 1.80. The van der Waals surface area contributed by atoms with Gasteiger partial charge in [0.25, 0.3) is 0 Å². The second kappa shape index (κ2) is 6.22. The van der Waals surface area contributed by atoms with Gasteiger partial charge >= 0.3 is 0 Å². The molecule has 0 saturated heterocycles. The van der Waals surface area contributed by atoms with E-state index in [2.05, 4.69) is 4.98 Å². The van der Waals surface area contributed by atoms with E-state index >= 15 is 0 Å². The van der Waals surface area contributed by atoms with Crippen molar-refractivity contribution >= 4 is 29.5 Å². The fourth-order valence-corrected chi connectivity index (χ4v) is 2.52. The normalized spacial score (nSPS) is 10.4. The average molecular weight is 311 g/mol. The van der Waals surface area contributed by atoms with Crippen LogP contribution in [0, 0.1) is 0 Å². The van der Waals surface area contributed by atoms with Crippen molar-refractivity contribution in [2.45, 2.75) is 6.61 Å². The second-order valence-electron chi connectivity index (χ2n) is 3.99. The molecule has 0 amide bonds. The Balaban J connectivity index is 2.59. The molecular formula is C14H10Cl2NO3. The highest BCUT2D eigenvalue weighted by Gasteiger charge is 2.14. The first-order valence-corrected chi connectivity index (χ1v) is 6.43. The Morgan fingerprint density at radius 2 is 1.90 bits per heavy atom. The van der Waals surface area contributed by atoms with Crippen molar-refractivity contribution in [1.82, 2.24) is 4.98 Å². The molecule has 0 aliphatic carbocycles. The highest BCUT2D eigenvalue weighted by molar-refractivity contribution is 6.39. The highest BCUT2D eigenvalue weighted by atomic mass is 35.5. The van der Waals surface area contributed by atoms with Gasteiger partial charge in [-0.2, -0.15) is 0 Å². The maximum atomic E-state index is 10.9. The Labute approximate surface area is 125 Å². The average Bonchev–Trinajstić information content (AvgIpc) is 2.46. The minimum absolute atomic E-state index is 0.192. The molecule has 0 unspecified atom stereocenters. The van der Waals surface area contributed by atoms with Gasteiger partial charge in [0.2, 0.25) is 5.88 Å². The molecule has 6 heteroatoms. The van der Waals surface area contributed by atoms with Crippen LogP contribution in [0.2, 0.25) is 10.0 Å². The zero-order chi connectivity index (χ0) is 14.7. The van der Waals surface area contributed by atoms with Gasteiger partial charge in [-0.1, -0.05) is 23.2 Å². The van der Waals surface area contributed by atoms with Crippen LogP contribution < -0.4 is 4.74 Å². The maximum absolute atomic E-state index is 10.9. The first kappa shape index (κ1) is 14.8. The van der Waals surface area contributed by atoms with E-state index in [0.717, 1.165) is 0 Å². The number of benzene rings is 1. The summed E-state index contributed by atoms with van der Waals surface area (Å²) in [6.45, 7) is -0.402. The summed E-state index contributed by atoms with van der Waals surface area (Å²) in [7, 11) is 1.42. The number of aldehydes is 1. The summed E-state index contributed by atoms with van der Waals surface area (Å²) in [4.78, 5) is 15.1. The molecule has 0 fully saturated rings. The number of pyridine rings is 1. The SMILES string of the molecule is COc1nc(-c2c(Cl)cc(C[O])cc2Cl)ccc1C=O. The van der Waals surface area contributed by atoms with Crippen molar-refractivity contribution in [3.63, 3.8) is 0 Å². The van der Waals surface area contributed by atoms with Crippen LogP contribution in [0.3, 0.4) is 0 Å². The second-order valence-corrected chi connectivity index (χ2v) is 4.81. The Bertz CT molecular complexity index is 636. The molecule has 0 aliphatic rings. The van der Waals surface area contributed by atoms with Gasteiger partial charge in [0.15, 0.2) is 6.29 Å². The van der Waals surface area contributed by atoms with Gasteiger partial charge < -0.3 is 4.74 Å². The number of hydrogen-bond acceptors (Lipinski definition) is 3. The molecule has 2 aromatic rings. The Morgan fingerprint density at radius 1 is 1.25 bits per heavy atom. The van der Waals surface area contributed by atoms with E-state index in [4.69, 9.17) is 27.9 Å². The lowest BCUT2D eigenvalue weighted by molar-refractivity contribution is 0.112. The number of aromatic nitrogens is 1. The topological polar surface area (TPSA) is 59.1 Å². The third kappa shape index (κ3) is 2.77. The Kier molecular flexibility index (Phi) is 4.60. The van der Waals surface area contributed by atoms with E-state index in [1.807, 2.05) is 0 Å². The molecule has 0 N–H and O–H groups in total. The largest absolute Gasteiger partial charge is 0.480 e. The number of carbonyl (C=O) groups is 1. The first-order chi connectivity index (χ1) is 9.60. The maximum Gasteiger partial charge on any atom is 0.224 e. The summed E-state index contributed by atoms with van der Waals surface area (Å²) in [5.41, 5.74) is 1.81. The molecule has 2 rings (SSSR count). The zero-order valence-electron chi connectivity index (χ0n) is 10.5. The third-order valence-electron chi connectivity index (χ3n) is 2.73. The quantitative estimate of drug-likeness (QED) is 0.807. The van der Waals surface area contributed by atoms with Gasteiger partial charge in [0, 0.05) is 5.56 Å². The van der Waals surface area contributed by atoms with Crippen LogP contribution in [-0.4, -0.2) is 18.4 Å². The summed E-state index contributed by atoms with van der Waals surface area (Å²) in [5.74, 6) is 0.192. The van der Waals surface area contributed by atoms with Gasteiger partial charge in [0.1, 0.15) is 6.61 Å². The van der Waals surface area contributed by atoms with E-state index in [1.54, 1.807) is 24.3 Å². The molecule has 1 aromatic heterocycles. The molecule has 4 nitrogen and oxygen atoms in total. The predicted molar refractivity (Wildman–Crippen MR) is 76.0 cm³/mol. The van der Waals surface area contributed by atoms with Crippen LogP contribution in [0.1, 0.15) is 15.9 Å². The molecule has 0 aliphatic heterocycles. The van der Waals surface area contributed by atoms with Crippen LogP contribution in [0.5, 0.6) is 5.88 Å². The summed E-state index contributed by atoms with van der Waals surface area (Å²) in [5, 5.41) is 11.5. The molecule has 1 aromatic carbocycles. The van der Waals surface area contributed by atoms with Crippen molar-refractivity contribution in [2.75, 3.05) is 7.11 Å². The highest BCUT2D eigenvalue weighted by Crippen LogP contribution is 2.36. The lowest BCUT2D eigenvalue weighted by atomic mass is 10.1. The lowest BCUT2D eigenvalue weighted by Gasteiger charge is -2.10. The smallest absolute Gasteiger partial charge is 0.224 e. The van der Waals surface area contributed by atoms with Crippen LogP contribution in [0.15, 0.2) is 24.3 Å². The van der Waals surface area contributed by atoms with Crippen molar-refractivity contribution < 1.29 is 14.6 Å². The number of nitrogens with zero attached hydrogens (tertiary/aromatic N) is 1. The zero-order valence-corrected chi connectivity index (χ0v) is 12.0. The van der Waals surface area contributed by atoms with Gasteiger partial charge in [-0.15, -0.1) is 0 Å². The van der Waals surface area contributed by atoms with Gasteiger partial charge in [-0.05, 0) is 29.8 Å². The summed E-state index contributed by atoms with van der Waals surface area (Å²) in [6.07, 6.45) is 0.652. The van der Waals surface area contributed by atoms with E-state index in [1.165, 1.54) is 7.11 Å². The molecular weight excluding hydrogens is 301 g/mol. The van der Waals surface area contributed by atoms with E-state index < -0.39 is 6.61 Å². The fraction of sp³-hybridized carbons (Fsp3) is 0.143. The molecule has 0 atom stereocenters. The molecule has 103 valence electrons. The van der Waals surface area contributed by atoms with Crippen LogP contribution >= 0.6 is 23.2 Å².